The molecule has 5 aliphatic carbocycles. The SMILES string of the molecule is O=C1[C@@H]2Cc3cccnc3C[C@@H]2CN1[C@@H]1[C@@H]2CC3C[C@H]1C[C@](O)(C3)C2. The molecule has 7 atom stereocenters. The maximum absolute atomic E-state index is 13.3. The van der Waals surface area contributed by atoms with Crippen molar-refractivity contribution >= 4 is 5.91 Å². The van der Waals surface area contributed by atoms with Crippen molar-refractivity contribution < 1.29 is 9.90 Å². The second-order valence-electron chi connectivity index (χ2n) is 9.56. The number of nitrogens with zero attached hydrogens (tertiary/aromatic N) is 2. The molecule has 1 aromatic heterocycles. The highest BCUT2D eigenvalue weighted by Gasteiger charge is 2.58. The van der Waals surface area contributed by atoms with Crippen molar-refractivity contribution in [1.82, 2.24) is 9.88 Å². The van der Waals surface area contributed by atoms with E-state index in [4.69, 9.17) is 0 Å². The first-order valence-corrected chi connectivity index (χ1v) is 10.1. The molecule has 4 heteroatoms. The van der Waals surface area contributed by atoms with Gasteiger partial charge in [0, 0.05) is 30.4 Å². The van der Waals surface area contributed by atoms with Crippen LogP contribution < -0.4 is 0 Å². The zero-order chi connectivity index (χ0) is 16.8. The summed E-state index contributed by atoms with van der Waals surface area (Å²) in [5, 5.41) is 10.8. The molecule has 1 N–H and O–H groups in total. The molecular weight excluding hydrogens is 312 g/mol. The molecular formula is C21H26N2O2. The Bertz CT molecular complexity index is 731. The smallest absolute Gasteiger partial charge is 0.226 e. The first-order valence-electron chi connectivity index (χ1n) is 10.1. The molecule has 132 valence electrons. The second-order valence-corrected chi connectivity index (χ2v) is 9.56. The van der Waals surface area contributed by atoms with Crippen LogP contribution in [0.3, 0.4) is 0 Å². The quantitative estimate of drug-likeness (QED) is 0.854. The summed E-state index contributed by atoms with van der Waals surface area (Å²) in [5.41, 5.74) is 2.07. The third kappa shape index (κ3) is 2.03. The number of aromatic nitrogens is 1. The van der Waals surface area contributed by atoms with E-state index in [2.05, 4.69) is 16.0 Å². The van der Waals surface area contributed by atoms with Gasteiger partial charge in [0.25, 0.3) is 0 Å². The number of pyridine rings is 1. The highest BCUT2D eigenvalue weighted by Crippen LogP contribution is 2.57. The summed E-state index contributed by atoms with van der Waals surface area (Å²) in [6.45, 7) is 0.917. The van der Waals surface area contributed by atoms with Gasteiger partial charge in [0.05, 0.1) is 5.60 Å². The minimum absolute atomic E-state index is 0.164. The van der Waals surface area contributed by atoms with Crippen molar-refractivity contribution in [2.24, 2.45) is 29.6 Å². The fourth-order valence-electron chi connectivity index (χ4n) is 7.40. The van der Waals surface area contributed by atoms with Crippen LogP contribution in [0, 0.1) is 29.6 Å². The maximum atomic E-state index is 13.3. The van der Waals surface area contributed by atoms with E-state index in [1.807, 2.05) is 12.3 Å². The Labute approximate surface area is 148 Å². The minimum Gasteiger partial charge on any atom is -0.390 e. The Morgan fingerprint density at radius 1 is 1.12 bits per heavy atom. The van der Waals surface area contributed by atoms with Gasteiger partial charge in [-0.25, -0.2) is 0 Å². The van der Waals surface area contributed by atoms with Gasteiger partial charge in [0.2, 0.25) is 5.91 Å². The number of carbonyl (C=O) groups excluding carboxylic acids is 1. The number of fused-ring (bicyclic) bond motifs is 2. The standard InChI is InChI=1S/C21H26N2O2/c24-20-17-6-13-2-1-3-22-18(13)7-16(17)11-23(20)19-14-4-12-5-15(19)10-21(25,8-12)9-14/h1-3,12,14-17,19,25H,4-11H2/t12?,14-,15+,16-,17-,19-,21+/m1/s1. The molecule has 25 heavy (non-hydrogen) atoms. The normalized spacial score (nSPS) is 47.1. The van der Waals surface area contributed by atoms with Crippen LogP contribution in [0.1, 0.15) is 43.4 Å². The lowest BCUT2D eigenvalue weighted by Gasteiger charge is -2.59. The van der Waals surface area contributed by atoms with Gasteiger partial charge in [-0.2, -0.15) is 0 Å². The minimum atomic E-state index is -0.414. The molecule has 4 saturated carbocycles. The van der Waals surface area contributed by atoms with Gasteiger partial charge in [-0.15, -0.1) is 0 Å². The van der Waals surface area contributed by atoms with Gasteiger partial charge < -0.3 is 10.0 Å². The Kier molecular flexibility index (Phi) is 2.85. The Hall–Kier alpha value is -1.42. The van der Waals surface area contributed by atoms with E-state index in [9.17, 15) is 9.90 Å². The van der Waals surface area contributed by atoms with Gasteiger partial charge in [0.1, 0.15) is 0 Å². The van der Waals surface area contributed by atoms with Gasteiger partial charge in [-0.05, 0) is 80.2 Å². The number of amides is 1. The first-order chi connectivity index (χ1) is 12.1. The number of hydrogen-bond acceptors (Lipinski definition) is 3. The van der Waals surface area contributed by atoms with Gasteiger partial charge in [-0.3, -0.25) is 9.78 Å². The van der Waals surface area contributed by atoms with Crippen LogP contribution >= 0.6 is 0 Å². The highest BCUT2D eigenvalue weighted by molar-refractivity contribution is 5.82. The van der Waals surface area contributed by atoms with Gasteiger partial charge in [-0.1, -0.05) is 6.07 Å². The van der Waals surface area contributed by atoms with Crippen LogP contribution in [-0.2, 0) is 17.6 Å². The molecule has 1 unspecified atom stereocenters. The third-order valence-electron chi connectivity index (χ3n) is 8.03. The molecule has 6 aliphatic rings. The van der Waals surface area contributed by atoms with E-state index in [-0.39, 0.29) is 5.92 Å². The van der Waals surface area contributed by atoms with Crippen molar-refractivity contribution in [3.05, 3.63) is 29.6 Å². The summed E-state index contributed by atoms with van der Waals surface area (Å²) in [7, 11) is 0. The maximum Gasteiger partial charge on any atom is 0.226 e. The molecule has 1 aromatic rings. The molecule has 5 fully saturated rings. The van der Waals surface area contributed by atoms with E-state index >= 15 is 0 Å². The zero-order valence-electron chi connectivity index (χ0n) is 14.6. The molecule has 4 bridgehead atoms. The fourth-order valence-corrected chi connectivity index (χ4v) is 7.40. The van der Waals surface area contributed by atoms with Crippen LogP contribution in [0.15, 0.2) is 18.3 Å². The van der Waals surface area contributed by atoms with Crippen molar-refractivity contribution in [3.8, 4) is 0 Å². The second kappa shape index (κ2) is 4.85. The Morgan fingerprint density at radius 2 is 1.92 bits per heavy atom. The number of likely N-dealkylation sites (tertiary alicyclic amines) is 1. The molecule has 1 saturated heterocycles. The lowest BCUT2D eigenvalue weighted by molar-refractivity contribution is -0.168. The van der Waals surface area contributed by atoms with Crippen LogP contribution in [0.25, 0.3) is 0 Å². The first kappa shape index (κ1) is 14.7. The van der Waals surface area contributed by atoms with E-state index in [1.165, 1.54) is 24.1 Å². The highest BCUT2D eigenvalue weighted by atomic mass is 16.3. The summed E-state index contributed by atoms with van der Waals surface area (Å²) < 4.78 is 0. The van der Waals surface area contributed by atoms with E-state index in [0.29, 0.717) is 35.6 Å². The van der Waals surface area contributed by atoms with Crippen LogP contribution in [-0.4, -0.2) is 39.1 Å². The number of rotatable bonds is 1. The summed E-state index contributed by atoms with van der Waals surface area (Å²) in [6.07, 6.45) is 9.01. The third-order valence-corrected chi connectivity index (χ3v) is 8.03. The monoisotopic (exact) mass is 338 g/mol. The number of hydrogen-bond donors (Lipinski definition) is 1. The van der Waals surface area contributed by atoms with Crippen molar-refractivity contribution in [1.29, 1.82) is 0 Å². The largest absolute Gasteiger partial charge is 0.390 e. The van der Waals surface area contributed by atoms with Crippen molar-refractivity contribution in [2.75, 3.05) is 6.54 Å². The Balaban J connectivity index is 1.29. The zero-order valence-corrected chi connectivity index (χ0v) is 14.6. The molecule has 0 spiro atoms. The average molecular weight is 338 g/mol. The molecule has 4 nitrogen and oxygen atoms in total. The van der Waals surface area contributed by atoms with Gasteiger partial charge >= 0.3 is 0 Å². The van der Waals surface area contributed by atoms with Crippen LogP contribution in [0.2, 0.25) is 0 Å². The summed E-state index contributed by atoms with van der Waals surface area (Å²) >= 11 is 0. The van der Waals surface area contributed by atoms with E-state index in [1.54, 1.807) is 0 Å². The molecule has 1 aliphatic heterocycles. The molecule has 0 aromatic carbocycles. The predicted octanol–water partition coefficient (Wildman–Crippen LogP) is 2.19. The lowest BCUT2D eigenvalue weighted by Crippen LogP contribution is -2.62. The molecule has 1 amide bonds. The van der Waals surface area contributed by atoms with Gasteiger partial charge in [0.15, 0.2) is 0 Å². The van der Waals surface area contributed by atoms with E-state index < -0.39 is 5.60 Å². The topological polar surface area (TPSA) is 53.4 Å². The van der Waals surface area contributed by atoms with Crippen LogP contribution in [0.4, 0.5) is 0 Å². The van der Waals surface area contributed by atoms with Crippen LogP contribution in [0.5, 0.6) is 0 Å². The summed E-state index contributed by atoms with van der Waals surface area (Å²) in [5.74, 6) is 2.75. The van der Waals surface area contributed by atoms with E-state index in [0.717, 1.165) is 38.6 Å². The summed E-state index contributed by atoms with van der Waals surface area (Å²) in [4.78, 5) is 20.1. The molecule has 7 rings (SSSR count). The van der Waals surface area contributed by atoms with Crippen molar-refractivity contribution in [2.45, 2.75) is 56.6 Å². The fraction of sp³-hybridized carbons (Fsp3) is 0.714. The predicted molar refractivity (Wildman–Crippen MR) is 92.6 cm³/mol. The van der Waals surface area contributed by atoms with Crippen molar-refractivity contribution in [3.63, 3.8) is 0 Å². The number of carbonyl (C=O) groups is 1. The summed E-state index contributed by atoms with van der Waals surface area (Å²) in [6, 6.07) is 4.54. The lowest BCUT2D eigenvalue weighted by atomic mass is 9.52. The average Bonchev–Trinajstić information content (AvgIpc) is 2.87. The Morgan fingerprint density at radius 3 is 2.68 bits per heavy atom. The molecule has 0 radical (unpaired) electrons. The molecule has 2 heterocycles. The number of aliphatic hydroxyl groups is 1.